The highest BCUT2D eigenvalue weighted by Crippen LogP contribution is 2.32. The van der Waals surface area contributed by atoms with Crippen LogP contribution in [0.1, 0.15) is 18.5 Å². The van der Waals surface area contributed by atoms with Crippen LogP contribution >= 0.6 is 24.8 Å². The van der Waals surface area contributed by atoms with Gasteiger partial charge in [-0.3, -0.25) is 10.1 Å². The molecule has 1 saturated heterocycles. The van der Waals surface area contributed by atoms with E-state index in [4.69, 9.17) is 0 Å². The number of carbonyl (C=O) groups excluding carboxylic acids is 1. The molecule has 2 N–H and O–H groups in total. The molecule has 24 heavy (non-hydrogen) atoms. The summed E-state index contributed by atoms with van der Waals surface area (Å²) in [5, 5.41) is 5.50. The molecule has 1 amide bonds. The first-order valence-corrected chi connectivity index (χ1v) is 7.25. The highest BCUT2D eigenvalue weighted by Gasteiger charge is 2.41. The summed E-state index contributed by atoms with van der Waals surface area (Å²) in [4.78, 5) is 13.8. The van der Waals surface area contributed by atoms with E-state index in [1.54, 1.807) is 23.1 Å². The summed E-state index contributed by atoms with van der Waals surface area (Å²) in [6.07, 6.45) is -4.45. The number of benzene rings is 1. The molecular weight excluding hydrogens is 366 g/mol. The smallest absolute Gasteiger partial charge is 0.336 e. The fourth-order valence-electron chi connectivity index (χ4n) is 2.57. The van der Waals surface area contributed by atoms with Gasteiger partial charge in [-0.2, -0.15) is 13.2 Å². The van der Waals surface area contributed by atoms with E-state index in [0.29, 0.717) is 19.6 Å². The molecule has 0 radical (unpaired) electrons. The number of hydrogen-bond donors (Lipinski definition) is 2. The summed E-state index contributed by atoms with van der Waals surface area (Å²) < 4.78 is 39.5. The molecular formula is C15H22Cl2F3N3O. The van der Waals surface area contributed by atoms with Crippen molar-refractivity contribution in [2.24, 2.45) is 0 Å². The van der Waals surface area contributed by atoms with Gasteiger partial charge in [0.1, 0.15) is 6.04 Å². The van der Waals surface area contributed by atoms with Crippen LogP contribution in [-0.4, -0.2) is 49.2 Å². The van der Waals surface area contributed by atoms with E-state index in [0.717, 1.165) is 0 Å². The number of amides is 1. The lowest BCUT2D eigenvalue weighted by atomic mass is 10.1. The number of nitrogens with zero attached hydrogens (tertiary/aromatic N) is 1. The van der Waals surface area contributed by atoms with Gasteiger partial charge < -0.3 is 10.2 Å². The molecule has 1 heterocycles. The maximum Gasteiger partial charge on any atom is 0.407 e. The average molecular weight is 388 g/mol. The van der Waals surface area contributed by atoms with Gasteiger partial charge in [0.25, 0.3) is 0 Å². The zero-order valence-electron chi connectivity index (χ0n) is 13.2. The standard InChI is InChI=1S/C15H20F3N3O.2ClH/c1-11-9-19-7-8-21(11)13(22)10-20-14(15(16,17)18)12-5-3-2-4-6-12;;/h2-6,11,14,19-20H,7-10H2,1H3;2*1H/t11-,14?;;/m1../s1. The molecule has 2 rings (SSSR count). The highest BCUT2D eigenvalue weighted by atomic mass is 35.5. The minimum Gasteiger partial charge on any atom is -0.336 e. The van der Waals surface area contributed by atoms with Gasteiger partial charge in [-0.1, -0.05) is 30.3 Å². The van der Waals surface area contributed by atoms with E-state index in [9.17, 15) is 18.0 Å². The number of alkyl halides is 3. The van der Waals surface area contributed by atoms with Crippen LogP contribution in [-0.2, 0) is 4.79 Å². The van der Waals surface area contributed by atoms with Crippen LogP contribution in [0.15, 0.2) is 30.3 Å². The lowest BCUT2D eigenvalue weighted by Gasteiger charge is -2.34. The molecule has 0 bridgehead atoms. The number of piperazine rings is 1. The Morgan fingerprint density at radius 1 is 1.33 bits per heavy atom. The van der Waals surface area contributed by atoms with Gasteiger partial charge >= 0.3 is 6.18 Å². The van der Waals surface area contributed by atoms with Crippen molar-refractivity contribution in [1.29, 1.82) is 0 Å². The van der Waals surface area contributed by atoms with Gasteiger partial charge in [0.15, 0.2) is 0 Å². The van der Waals surface area contributed by atoms with Crippen molar-refractivity contribution in [3.8, 4) is 0 Å². The van der Waals surface area contributed by atoms with Crippen molar-refractivity contribution in [3.05, 3.63) is 35.9 Å². The molecule has 2 atom stereocenters. The number of rotatable bonds is 4. The molecule has 138 valence electrons. The minimum atomic E-state index is -4.45. The van der Waals surface area contributed by atoms with Gasteiger partial charge in [-0.25, -0.2) is 0 Å². The lowest BCUT2D eigenvalue weighted by Crippen LogP contribution is -2.54. The van der Waals surface area contributed by atoms with Crippen molar-refractivity contribution in [3.63, 3.8) is 0 Å². The van der Waals surface area contributed by atoms with Crippen LogP contribution in [0.25, 0.3) is 0 Å². The normalized spacial score (nSPS) is 19.0. The number of carbonyl (C=O) groups is 1. The average Bonchev–Trinajstić information content (AvgIpc) is 2.47. The first-order chi connectivity index (χ1) is 10.4. The Bertz CT molecular complexity index is 502. The quantitative estimate of drug-likeness (QED) is 0.834. The summed E-state index contributed by atoms with van der Waals surface area (Å²) in [6, 6.07) is 5.72. The second-order valence-corrected chi connectivity index (χ2v) is 5.41. The Balaban J connectivity index is 0.00000264. The molecule has 1 aromatic rings. The van der Waals surface area contributed by atoms with E-state index in [2.05, 4.69) is 10.6 Å². The fourth-order valence-corrected chi connectivity index (χ4v) is 2.57. The number of halogens is 5. The third-order valence-electron chi connectivity index (χ3n) is 3.74. The van der Waals surface area contributed by atoms with Crippen molar-refractivity contribution in [2.45, 2.75) is 25.2 Å². The Morgan fingerprint density at radius 2 is 1.96 bits per heavy atom. The molecule has 1 aromatic carbocycles. The van der Waals surface area contributed by atoms with E-state index in [-0.39, 0.29) is 48.9 Å². The van der Waals surface area contributed by atoms with Crippen molar-refractivity contribution in [1.82, 2.24) is 15.5 Å². The van der Waals surface area contributed by atoms with Crippen molar-refractivity contribution in [2.75, 3.05) is 26.2 Å². The SMILES string of the molecule is C[C@@H]1CNCCN1C(=O)CNC(c1ccccc1)C(F)(F)F.Cl.Cl. The second-order valence-electron chi connectivity index (χ2n) is 5.41. The summed E-state index contributed by atoms with van der Waals surface area (Å²) in [7, 11) is 0. The van der Waals surface area contributed by atoms with Gasteiger partial charge in [0.05, 0.1) is 6.54 Å². The van der Waals surface area contributed by atoms with Gasteiger partial charge in [-0.15, -0.1) is 24.8 Å². The van der Waals surface area contributed by atoms with Crippen LogP contribution < -0.4 is 10.6 Å². The third kappa shape index (κ3) is 6.12. The van der Waals surface area contributed by atoms with Crippen molar-refractivity contribution < 1.29 is 18.0 Å². The van der Waals surface area contributed by atoms with E-state index in [1.165, 1.54) is 12.1 Å². The Kier molecular flexibility index (Phi) is 9.65. The zero-order valence-corrected chi connectivity index (χ0v) is 14.8. The van der Waals surface area contributed by atoms with E-state index >= 15 is 0 Å². The largest absolute Gasteiger partial charge is 0.407 e. The Labute approximate surface area is 152 Å². The lowest BCUT2D eigenvalue weighted by molar-refractivity contribution is -0.159. The van der Waals surface area contributed by atoms with Crippen LogP contribution in [0.2, 0.25) is 0 Å². The molecule has 0 aliphatic carbocycles. The van der Waals surface area contributed by atoms with E-state index in [1.807, 2.05) is 6.92 Å². The first-order valence-electron chi connectivity index (χ1n) is 7.25. The molecule has 1 aliphatic rings. The monoisotopic (exact) mass is 387 g/mol. The molecule has 1 fully saturated rings. The van der Waals surface area contributed by atoms with E-state index < -0.39 is 12.2 Å². The first kappa shape index (κ1) is 23.0. The fraction of sp³-hybridized carbons (Fsp3) is 0.533. The molecule has 0 aromatic heterocycles. The van der Waals surface area contributed by atoms with Crippen LogP contribution in [0.3, 0.4) is 0 Å². The summed E-state index contributed by atoms with van der Waals surface area (Å²) in [5.41, 5.74) is 0.108. The van der Waals surface area contributed by atoms with Crippen LogP contribution in [0.4, 0.5) is 13.2 Å². The predicted octanol–water partition coefficient (Wildman–Crippen LogP) is 2.54. The number of nitrogens with one attached hydrogen (secondary N) is 2. The van der Waals surface area contributed by atoms with Gasteiger partial charge in [0, 0.05) is 25.7 Å². The molecule has 9 heteroatoms. The summed E-state index contributed by atoms with van der Waals surface area (Å²) >= 11 is 0. The molecule has 0 spiro atoms. The third-order valence-corrected chi connectivity index (χ3v) is 3.74. The van der Waals surface area contributed by atoms with Gasteiger partial charge in [0.2, 0.25) is 5.91 Å². The van der Waals surface area contributed by atoms with Crippen molar-refractivity contribution >= 4 is 30.7 Å². The van der Waals surface area contributed by atoms with Gasteiger partial charge in [-0.05, 0) is 12.5 Å². The highest BCUT2D eigenvalue weighted by molar-refractivity contribution is 5.85. The zero-order chi connectivity index (χ0) is 16.2. The Morgan fingerprint density at radius 3 is 2.50 bits per heavy atom. The maximum atomic E-state index is 13.2. The summed E-state index contributed by atoms with van der Waals surface area (Å²) in [6.45, 7) is 3.39. The summed E-state index contributed by atoms with van der Waals surface area (Å²) in [5.74, 6) is -0.306. The Hall–Kier alpha value is -1.02. The molecule has 1 unspecified atom stereocenters. The maximum absolute atomic E-state index is 13.2. The second kappa shape index (κ2) is 10.1. The van der Waals surface area contributed by atoms with Crippen LogP contribution in [0, 0.1) is 0 Å². The topological polar surface area (TPSA) is 44.4 Å². The molecule has 1 aliphatic heterocycles. The molecule has 4 nitrogen and oxygen atoms in total. The number of hydrogen-bond acceptors (Lipinski definition) is 3. The molecule has 0 saturated carbocycles. The minimum absolute atomic E-state index is 0. The predicted molar refractivity (Wildman–Crippen MR) is 91.8 cm³/mol. The van der Waals surface area contributed by atoms with Crippen LogP contribution in [0.5, 0.6) is 0 Å².